The number of benzene rings is 1. The second-order valence-electron chi connectivity index (χ2n) is 17.4. The van der Waals surface area contributed by atoms with E-state index in [1.165, 1.54) is 13.8 Å². The molecule has 0 bridgehead atoms. The number of carbonyl (C=O) groups excluding carboxylic acids is 9. The molecule has 0 fully saturated rings. The van der Waals surface area contributed by atoms with Crippen LogP contribution in [-0.2, 0) is 68.7 Å². The number of rotatable bonds is 33. The topological polar surface area (TPSA) is 471 Å². The van der Waals surface area contributed by atoms with Crippen molar-refractivity contribution in [3.8, 4) is 0 Å². The third-order valence-electron chi connectivity index (χ3n) is 10.4. The normalized spacial score (nSPS) is 14.7. The van der Waals surface area contributed by atoms with Gasteiger partial charge in [-0.05, 0) is 43.6 Å². The minimum Gasteiger partial charge on any atom is -0.481 e. The number of amides is 9. The number of aliphatic hydroxyl groups excluding tert-OH is 1. The van der Waals surface area contributed by atoms with Crippen molar-refractivity contribution in [3.05, 3.63) is 35.9 Å². The van der Waals surface area contributed by atoms with E-state index in [4.69, 9.17) is 16.6 Å². The smallest absolute Gasteiger partial charge is 0.326 e. The molecule has 1 aromatic carbocycles. The molecule has 0 unspecified atom stereocenters. The maximum absolute atomic E-state index is 13.8. The molecule has 0 saturated carbocycles. The fourth-order valence-corrected chi connectivity index (χ4v) is 6.53. The van der Waals surface area contributed by atoms with Crippen LogP contribution < -0.4 is 54.0 Å². The van der Waals surface area contributed by atoms with Crippen LogP contribution in [0.1, 0.15) is 85.1 Å². The average Bonchev–Trinajstić information content (AvgIpc) is 3.28. The highest BCUT2D eigenvalue weighted by atomic mass is 16.4. The molecule has 0 saturated heterocycles. The molecule has 0 radical (unpaired) electrons. The molecule has 72 heavy (non-hydrogen) atoms. The molecule has 0 heterocycles. The first-order valence-corrected chi connectivity index (χ1v) is 22.6. The van der Waals surface area contributed by atoms with Crippen LogP contribution in [0.25, 0.3) is 0 Å². The average molecular weight is 1020 g/mol. The van der Waals surface area contributed by atoms with Gasteiger partial charge in [-0.25, -0.2) is 4.79 Å². The van der Waals surface area contributed by atoms with Gasteiger partial charge >= 0.3 is 23.9 Å². The molecule has 1 aromatic rings. The van der Waals surface area contributed by atoms with E-state index in [0.29, 0.717) is 5.56 Å². The lowest BCUT2D eigenvalue weighted by molar-refractivity contribution is -0.143. The number of hydrogen-bond acceptors (Lipinski definition) is 15. The van der Waals surface area contributed by atoms with Crippen molar-refractivity contribution < 1.29 is 87.9 Å². The van der Waals surface area contributed by atoms with Crippen molar-refractivity contribution >= 4 is 77.0 Å². The number of carboxylic acids is 4. The van der Waals surface area contributed by atoms with Crippen molar-refractivity contribution in [1.29, 1.82) is 0 Å². The lowest BCUT2D eigenvalue weighted by Crippen LogP contribution is -2.61. The number of aliphatic carboxylic acids is 4. The molecule has 9 amide bonds. The van der Waals surface area contributed by atoms with Crippen molar-refractivity contribution in [2.45, 2.75) is 140 Å². The Hall–Kier alpha value is -7.75. The molecule has 9 atom stereocenters. The van der Waals surface area contributed by atoms with E-state index in [1.54, 1.807) is 44.2 Å². The summed E-state index contributed by atoms with van der Waals surface area (Å²) in [5.74, 6) is -17.0. The highest BCUT2D eigenvalue weighted by molar-refractivity contribution is 5.99. The fraction of sp³-hybridized carbons (Fsp3) is 0.568. The van der Waals surface area contributed by atoms with E-state index in [0.717, 1.165) is 6.92 Å². The number of nitrogens with two attached hydrogens (primary N) is 2. The molecule has 17 N–H and O–H groups in total. The van der Waals surface area contributed by atoms with Crippen LogP contribution in [0.5, 0.6) is 0 Å². The van der Waals surface area contributed by atoms with Gasteiger partial charge in [0.15, 0.2) is 0 Å². The summed E-state index contributed by atoms with van der Waals surface area (Å²) in [6.07, 6.45) is -4.62. The van der Waals surface area contributed by atoms with E-state index < -0.39 is 188 Å². The Morgan fingerprint density at radius 3 is 1.40 bits per heavy atom. The van der Waals surface area contributed by atoms with Gasteiger partial charge in [0.05, 0.1) is 19.4 Å². The van der Waals surface area contributed by atoms with Crippen LogP contribution in [0.4, 0.5) is 0 Å². The zero-order chi connectivity index (χ0) is 55.0. The predicted octanol–water partition coefficient (Wildman–Crippen LogP) is -4.69. The quantitative estimate of drug-likeness (QED) is 0.0315. The number of carboxylic acid groups (broad SMARTS) is 4. The third kappa shape index (κ3) is 23.2. The Labute approximate surface area is 412 Å². The van der Waals surface area contributed by atoms with E-state index in [9.17, 15) is 82.8 Å². The number of aliphatic hydroxyl groups is 1. The monoisotopic (exact) mass is 1020 g/mol. The van der Waals surface area contributed by atoms with Gasteiger partial charge < -0.3 is 79.5 Å². The van der Waals surface area contributed by atoms with Gasteiger partial charge in [-0.2, -0.15) is 0 Å². The molecular formula is C44H66N10O18. The number of carbonyl (C=O) groups is 13. The van der Waals surface area contributed by atoms with Crippen LogP contribution >= 0.6 is 0 Å². The minimum atomic E-state index is -1.95. The molecule has 28 heteroatoms. The van der Waals surface area contributed by atoms with E-state index in [2.05, 4.69) is 42.5 Å². The maximum Gasteiger partial charge on any atom is 0.326 e. The van der Waals surface area contributed by atoms with E-state index in [-0.39, 0.29) is 12.8 Å². The Morgan fingerprint density at radius 2 is 0.931 bits per heavy atom. The SMILES string of the molecule is CC(C)C[C@H](NC(=O)[C@H](CC(N)=O)NC(=O)[C@@H](NC(=O)[C@H](CCC(=O)O)NC(=O)[C@@H](N)CO)C(C)C)C(=O)N[C@@H](CC(=O)O)C(=O)N[C@@H](C)C(=O)N[C@@H](CCC(=O)O)C(=O)N[C@@H](Cc1ccccc1)C(=O)O. The van der Waals surface area contributed by atoms with Crippen LogP contribution in [0.2, 0.25) is 0 Å². The number of hydrogen-bond donors (Lipinski definition) is 15. The predicted molar refractivity (Wildman–Crippen MR) is 248 cm³/mol. The lowest BCUT2D eigenvalue weighted by atomic mass is 10.00. The highest BCUT2D eigenvalue weighted by Crippen LogP contribution is 2.11. The first-order chi connectivity index (χ1) is 33.6. The molecular weight excluding hydrogens is 957 g/mol. The van der Waals surface area contributed by atoms with Gasteiger partial charge in [0.25, 0.3) is 0 Å². The number of primary amides is 1. The minimum absolute atomic E-state index is 0.175. The largest absolute Gasteiger partial charge is 0.481 e. The van der Waals surface area contributed by atoms with E-state index in [1.807, 2.05) is 0 Å². The summed E-state index contributed by atoms with van der Waals surface area (Å²) in [4.78, 5) is 166. The van der Waals surface area contributed by atoms with Crippen molar-refractivity contribution in [2.24, 2.45) is 23.3 Å². The van der Waals surface area contributed by atoms with Gasteiger partial charge in [0.2, 0.25) is 53.2 Å². The maximum atomic E-state index is 13.8. The summed E-state index contributed by atoms with van der Waals surface area (Å²) in [6.45, 7) is 6.44. The van der Waals surface area contributed by atoms with Crippen molar-refractivity contribution in [2.75, 3.05) is 6.61 Å². The Morgan fingerprint density at radius 1 is 0.500 bits per heavy atom. The second-order valence-corrected chi connectivity index (χ2v) is 17.4. The summed E-state index contributed by atoms with van der Waals surface area (Å²) >= 11 is 0. The summed E-state index contributed by atoms with van der Waals surface area (Å²) in [7, 11) is 0. The summed E-state index contributed by atoms with van der Waals surface area (Å²) in [6, 6.07) is -6.54. The van der Waals surface area contributed by atoms with Gasteiger partial charge in [-0.15, -0.1) is 0 Å². The lowest BCUT2D eigenvalue weighted by Gasteiger charge is -2.28. The van der Waals surface area contributed by atoms with Gasteiger partial charge in [0, 0.05) is 19.3 Å². The second kappa shape index (κ2) is 30.8. The van der Waals surface area contributed by atoms with Crippen LogP contribution in [0, 0.1) is 11.8 Å². The Kier molecular flexibility index (Phi) is 26.6. The highest BCUT2D eigenvalue weighted by Gasteiger charge is 2.36. The molecule has 28 nitrogen and oxygen atoms in total. The standard InChI is InChI=1S/C44H66N10O18/c1-20(2)15-27(50-42(69)28(17-31(46)56)52-43(70)35(21(3)4)54-39(66)26(12-14-33(59)60)49-37(64)24(45)19-55)41(68)51-29(18-34(61)62)40(67)47-22(5)36(63)48-25(11-13-32(57)58)38(65)53-30(44(71)72)16-23-9-7-6-8-10-23/h6-10,20-22,24-30,35,55H,11-19,45H2,1-5H3,(H2,46,56)(H,47,67)(H,48,63)(H,49,64)(H,50,69)(H,51,68)(H,52,70)(H,53,65)(H,54,66)(H,57,58)(H,59,60)(H,61,62)(H,71,72)/t22-,24-,25-,26-,27-,28-,29-,30-,35-/m0/s1. The van der Waals surface area contributed by atoms with Crippen LogP contribution in [0.15, 0.2) is 30.3 Å². The zero-order valence-corrected chi connectivity index (χ0v) is 40.3. The summed E-state index contributed by atoms with van der Waals surface area (Å²) in [5, 5.41) is 65.1. The molecule has 400 valence electrons. The molecule has 0 aromatic heterocycles. The Bertz CT molecular complexity index is 2120. The molecule has 0 aliphatic carbocycles. The fourth-order valence-electron chi connectivity index (χ4n) is 6.53. The number of nitrogens with one attached hydrogen (secondary N) is 8. The molecule has 0 aliphatic rings. The van der Waals surface area contributed by atoms with Crippen molar-refractivity contribution in [3.63, 3.8) is 0 Å². The van der Waals surface area contributed by atoms with Gasteiger partial charge in [0.1, 0.15) is 54.4 Å². The van der Waals surface area contributed by atoms with Gasteiger partial charge in [-0.1, -0.05) is 58.0 Å². The first kappa shape index (κ1) is 62.3. The van der Waals surface area contributed by atoms with Crippen LogP contribution in [-0.4, -0.2) is 164 Å². The summed E-state index contributed by atoms with van der Waals surface area (Å²) in [5.41, 5.74) is 11.4. The van der Waals surface area contributed by atoms with Crippen molar-refractivity contribution in [1.82, 2.24) is 42.5 Å². The third-order valence-corrected chi connectivity index (χ3v) is 10.4. The van der Waals surface area contributed by atoms with Crippen LogP contribution in [0.3, 0.4) is 0 Å². The van der Waals surface area contributed by atoms with E-state index >= 15 is 0 Å². The summed E-state index contributed by atoms with van der Waals surface area (Å²) < 4.78 is 0. The molecule has 0 spiro atoms. The first-order valence-electron chi connectivity index (χ1n) is 22.6. The van der Waals surface area contributed by atoms with Gasteiger partial charge in [-0.3, -0.25) is 57.5 Å². The zero-order valence-electron chi connectivity index (χ0n) is 40.3. The Balaban J connectivity index is 3.32. The molecule has 1 rings (SSSR count). The molecule has 0 aliphatic heterocycles.